The molecule has 5 radical (unpaired) electrons. The van der Waals surface area contributed by atoms with Crippen LogP contribution >= 0.6 is 0 Å². The van der Waals surface area contributed by atoms with E-state index in [1.165, 1.54) is 0 Å². The topological polar surface area (TPSA) is 52.3 Å². The monoisotopic (exact) mass is 360 g/mol. The SMILES string of the molecule is CC(C)(C)C(=O)O[C@H]([C]1[CH][CH][CH][C]1[C@@H](N)c1ccccc1)c1ccccc1. The Balaban J connectivity index is 1.89. The van der Waals surface area contributed by atoms with Crippen LogP contribution in [0.3, 0.4) is 0 Å². The summed E-state index contributed by atoms with van der Waals surface area (Å²) in [6.45, 7) is 5.58. The van der Waals surface area contributed by atoms with Crippen molar-refractivity contribution in [2.45, 2.75) is 32.9 Å². The molecular weight excluding hydrogens is 334 g/mol. The van der Waals surface area contributed by atoms with Gasteiger partial charge in [0.25, 0.3) is 0 Å². The summed E-state index contributed by atoms with van der Waals surface area (Å²) in [5.41, 5.74) is 7.93. The Morgan fingerprint density at radius 2 is 1.37 bits per heavy atom. The molecule has 2 aromatic rings. The van der Waals surface area contributed by atoms with Gasteiger partial charge in [0.1, 0.15) is 6.10 Å². The highest BCUT2D eigenvalue weighted by Crippen LogP contribution is 2.48. The molecule has 0 unspecified atom stereocenters. The Morgan fingerprint density at radius 1 is 0.852 bits per heavy atom. The number of esters is 1. The fourth-order valence-corrected chi connectivity index (χ4v) is 3.03. The molecule has 1 aliphatic carbocycles. The van der Waals surface area contributed by atoms with E-state index in [1.54, 1.807) is 0 Å². The Kier molecular flexibility index (Phi) is 6.01. The number of rotatable bonds is 5. The number of ether oxygens (including phenoxy) is 1. The fourth-order valence-electron chi connectivity index (χ4n) is 3.03. The van der Waals surface area contributed by atoms with Gasteiger partial charge in [0, 0.05) is 17.9 Å². The van der Waals surface area contributed by atoms with Gasteiger partial charge in [-0.2, -0.15) is 0 Å². The summed E-state index contributed by atoms with van der Waals surface area (Å²) in [7, 11) is 0. The van der Waals surface area contributed by atoms with Crippen molar-refractivity contribution in [3.8, 4) is 0 Å². The standard InChI is InChI=1S/C24H26NO2/c1-24(2,3)23(26)27-22(18-13-8-5-9-14-18)20-16-10-15-19(20)21(25)17-11-6-4-7-12-17/h4-16,21-22H,25H2,1-3H3/t21-,22-/m0/s1. The van der Waals surface area contributed by atoms with Crippen LogP contribution < -0.4 is 5.73 Å². The predicted octanol–water partition coefficient (Wildman–Crippen LogP) is 4.79. The van der Waals surface area contributed by atoms with E-state index < -0.39 is 11.5 Å². The number of carbonyl (C=O) groups excluding carboxylic acids is 1. The van der Waals surface area contributed by atoms with Gasteiger partial charge in [-0.15, -0.1) is 0 Å². The largest absolute Gasteiger partial charge is 0.456 e. The quantitative estimate of drug-likeness (QED) is 0.780. The third kappa shape index (κ3) is 4.59. The van der Waals surface area contributed by atoms with Crippen LogP contribution in [-0.2, 0) is 9.53 Å². The van der Waals surface area contributed by atoms with Gasteiger partial charge in [-0.25, -0.2) is 0 Å². The first kappa shape index (κ1) is 19.6. The molecule has 0 saturated heterocycles. The maximum Gasteiger partial charge on any atom is 0.311 e. The van der Waals surface area contributed by atoms with Gasteiger partial charge in [0.05, 0.1) is 5.41 Å². The van der Waals surface area contributed by atoms with Crippen molar-refractivity contribution in [3.63, 3.8) is 0 Å². The zero-order valence-electron chi connectivity index (χ0n) is 16.1. The second-order valence-electron chi connectivity index (χ2n) is 7.77. The van der Waals surface area contributed by atoms with Crippen LogP contribution in [0.2, 0.25) is 0 Å². The number of hydrogen-bond acceptors (Lipinski definition) is 3. The fraction of sp³-hybridized carbons (Fsp3) is 0.250. The van der Waals surface area contributed by atoms with E-state index in [-0.39, 0.29) is 12.0 Å². The van der Waals surface area contributed by atoms with E-state index in [0.717, 1.165) is 23.0 Å². The Hall–Kier alpha value is -2.13. The lowest BCUT2D eigenvalue weighted by Gasteiger charge is -2.32. The summed E-state index contributed by atoms with van der Waals surface area (Å²) in [6, 6.07) is 19.5. The van der Waals surface area contributed by atoms with E-state index in [4.69, 9.17) is 10.5 Å². The first-order valence-electron chi connectivity index (χ1n) is 9.20. The average molecular weight is 360 g/mol. The molecule has 27 heavy (non-hydrogen) atoms. The van der Waals surface area contributed by atoms with Crippen LogP contribution in [0.25, 0.3) is 0 Å². The lowest BCUT2D eigenvalue weighted by Crippen LogP contribution is -2.31. The molecule has 0 bridgehead atoms. The lowest BCUT2D eigenvalue weighted by molar-refractivity contribution is -0.158. The average Bonchev–Trinajstić information content (AvgIpc) is 3.15. The molecule has 0 aromatic heterocycles. The minimum Gasteiger partial charge on any atom is -0.456 e. The summed E-state index contributed by atoms with van der Waals surface area (Å²) in [6.07, 6.45) is 5.48. The van der Waals surface area contributed by atoms with Crippen LogP contribution in [0.15, 0.2) is 60.7 Å². The second-order valence-corrected chi connectivity index (χ2v) is 7.77. The summed E-state index contributed by atoms with van der Waals surface area (Å²) in [5.74, 6) is 1.66. The van der Waals surface area contributed by atoms with Gasteiger partial charge in [0.15, 0.2) is 0 Å². The Bertz CT molecular complexity index is 736. The smallest absolute Gasteiger partial charge is 0.311 e. The molecule has 1 saturated carbocycles. The number of carbonyl (C=O) groups is 1. The lowest BCUT2D eigenvalue weighted by atomic mass is 9.80. The zero-order valence-corrected chi connectivity index (χ0v) is 16.1. The predicted molar refractivity (Wildman–Crippen MR) is 107 cm³/mol. The minimum absolute atomic E-state index is 0.239. The molecule has 0 aliphatic heterocycles. The summed E-state index contributed by atoms with van der Waals surface area (Å²) in [4.78, 5) is 12.6. The molecule has 0 heterocycles. The van der Waals surface area contributed by atoms with Crippen LogP contribution in [0.1, 0.15) is 44.0 Å². The molecule has 2 N–H and O–H groups in total. The van der Waals surface area contributed by atoms with Gasteiger partial charge in [0.2, 0.25) is 0 Å². The maximum absolute atomic E-state index is 12.6. The van der Waals surface area contributed by atoms with Crippen molar-refractivity contribution >= 4 is 5.97 Å². The molecule has 0 amide bonds. The van der Waals surface area contributed by atoms with Gasteiger partial charge in [-0.1, -0.05) is 60.7 Å². The van der Waals surface area contributed by atoms with Crippen molar-refractivity contribution in [2.75, 3.05) is 0 Å². The van der Waals surface area contributed by atoms with E-state index in [0.29, 0.717) is 0 Å². The van der Waals surface area contributed by atoms with Crippen molar-refractivity contribution in [1.29, 1.82) is 0 Å². The molecule has 2 atom stereocenters. The minimum atomic E-state index is -0.582. The van der Waals surface area contributed by atoms with E-state index in [1.807, 2.05) is 101 Å². The first-order valence-corrected chi connectivity index (χ1v) is 9.20. The summed E-state index contributed by atoms with van der Waals surface area (Å²) >= 11 is 0. The number of benzene rings is 2. The molecular formula is C24H26NO2. The van der Waals surface area contributed by atoms with Crippen LogP contribution in [0.4, 0.5) is 0 Å². The van der Waals surface area contributed by atoms with E-state index in [9.17, 15) is 4.79 Å². The highest BCUT2D eigenvalue weighted by Gasteiger charge is 2.42. The molecule has 3 rings (SSSR count). The molecule has 2 aromatic carbocycles. The van der Waals surface area contributed by atoms with Gasteiger partial charge < -0.3 is 10.5 Å². The molecule has 139 valence electrons. The van der Waals surface area contributed by atoms with Crippen LogP contribution in [-0.4, -0.2) is 5.97 Å². The van der Waals surface area contributed by atoms with Crippen molar-refractivity contribution in [2.24, 2.45) is 11.1 Å². The molecule has 1 fully saturated rings. The normalized spacial score (nSPS) is 18.2. The van der Waals surface area contributed by atoms with Crippen LogP contribution in [0.5, 0.6) is 0 Å². The Morgan fingerprint density at radius 3 is 1.93 bits per heavy atom. The highest BCUT2D eigenvalue weighted by atomic mass is 16.5. The van der Waals surface area contributed by atoms with E-state index >= 15 is 0 Å². The molecule has 0 spiro atoms. The van der Waals surface area contributed by atoms with Gasteiger partial charge in [-0.05, 0) is 51.2 Å². The first-order chi connectivity index (χ1) is 12.9. The second kappa shape index (κ2) is 8.26. The molecule has 3 heteroatoms. The van der Waals surface area contributed by atoms with Crippen molar-refractivity contribution < 1.29 is 9.53 Å². The Labute approximate surface area is 162 Å². The van der Waals surface area contributed by atoms with Crippen LogP contribution in [0, 0.1) is 36.5 Å². The van der Waals surface area contributed by atoms with Gasteiger partial charge >= 0.3 is 5.97 Å². The summed E-state index contributed by atoms with van der Waals surface area (Å²) < 4.78 is 5.98. The summed E-state index contributed by atoms with van der Waals surface area (Å²) in [5, 5.41) is 0. The van der Waals surface area contributed by atoms with Crippen molar-refractivity contribution in [3.05, 3.63) is 103 Å². The zero-order chi connectivity index (χ0) is 19.4. The maximum atomic E-state index is 12.6. The third-order valence-electron chi connectivity index (χ3n) is 4.60. The van der Waals surface area contributed by atoms with E-state index in [2.05, 4.69) is 0 Å². The molecule has 3 nitrogen and oxygen atoms in total. The van der Waals surface area contributed by atoms with Crippen molar-refractivity contribution in [1.82, 2.24) is 0 Å². The number of nitrogens with two attached hydrogens (primary N) is 1. The number of hydrogen-bond donors (Lipinski definition) is 1. The molecule has 1 aliphatic rings. The third-order valence-corrected chi connectivity index (χ3v) is 4.60. The highest BCUT2D eigenvalue weighted by molar-refractivity contribution is 5.76. The van der Waals surface area contributed by atoms with Gasteiger partial charge in [-0.3, -0.25) is 4.79 Å².